The minimum absolute atomic E-state index is 0.621. The Morgan fingerprint density at radius 1 is 1.50 bits per heavy atom. The molecule has 0 bridgehead atoms. The van der Waals surface area contributed by atoms with Gasteiger partial charge in [0.25, 0.3) is 0 Å². The maximum absolute atomic E-state index is 5.35. The first-order valence-corrected chi connectivity index (χ1v) is 3.37. The van der Waals surface area contributed by atoms with Crippen molar-refractivity contribution in [1.82, 2.24) is 4.98 Å². The molecule has 10 heavy (non-hydrogen) atoms. The third-order valence-corrected chi connectivity index (χ3v) is 1.37. The van der Waals surface area contributed by atoms with Gasteiger partial charge in [-0.2, -0.15) is 0 Å². The van der Waals surface area contributed by atoms with E-state index in [0.29, 0.717) is 6.54 Å². The SMILES string of the molecule is Cc1nc(C)c(CCN)o1. The average Bonchev–Trinajstić information content (AvgIpc) is 2.13. The van der Waals surface area contributed by atoms with Crippen LogP contribution < -0.4 is 5.73 Å². The molecular weight excluding hydrogens is 128 g/mol. The van der Waals surface area contributed by atoms with Crippen LogP contribution in [0.2, 0.25) is 0 Å². The third kappa shape index (κ3) is 1.36. The minimum atomic E-state index is 0.621. The van der Waals surface area contributed by atoms with Crippen LogP contribution in [-0.4, -0.2) is 11.5 Å². The van der Waals surface area contributed by atoms with Crippen molar-refractivity contribution in [1.29, 1.82) is 0 Å². The van der Waals surface area contributed by atoms with Gasteiger partial charge < -0.3 is 10.2 Å². The Labute approximate surface area is 60.2 Å². The van der Waals surface area contributed by atoms with Gasteiger partial charge in [0.2, 0.25) is 0 Å². The van der Waals surface area contributed by atoms with Crippen molar-refractivity contribution in [2.75, 3.05) is 6.54 Å². The lowest BCUT2D eigenvalue weighted by molar-refractivity contribution is 0.475. The standard InChI is InChI=1S/C7H12N2O/c1-5-7(3-4-8)10-6(2)9-5/h3-4,8H2,1-2H3. The predicted octanol–water partition coefficient (Wildman–Crippen LogP) is 0.793. The number of nitrogens with zero attached hydrogens (tertiary/aromatic N) is 1. The summed E-state index contributed by atoms with van der Waals surface area (Å²) >= 11 is 0. The molecule has 0 spiro atoms. The summed E-state index contributed by atoms with van der Waals surface area (Å²) < 4.78 is 5.26. The molecule has 0 saturated heterocycles. The van der Waals surface area contributed by atoms with Gasteiger partial charge in [-0.1, -0.05) is 0 Å². The van der Waals surface area contributed by atoms with Crippen molar-refractivity contribution in [2.24, 2.45) is 5.73 Å². The van der Waals surface area contributed by atoms with Gasteiger partial charge in [-0.15, -0.1) is 0 Å². The summed E-state index contributed by atoms with van der Waals surface area (Å²) in [5, 5.41) is 0. The Bertz CT molecular complexity index is 217. The second-order valence-electron chi connectivity index (χ2n) is 2.28. The Kier molecular flexibility index (Phi) is 2.06. The van der Waals surface area contributed by atoms with Crippen molar-refractivity contribution in [3.63, 3.8) is 0 Å². The molecule has 0 saturated carbocycles. The fourth-order valence-electron chi connectivity index (χ4n) is 0.937. The average molecular weight is 140 g/mol. The van der Waals surface area contributed by atoms with E-state index in [-0.39, 0.29) is 0 Å². The Morgan fingerprint density at radius 2 is 2.20 bits per heavy atom. The van der Waals surface area contributed by atoms with Crippen molar-refractivity contribution >= 4 is 0 Å². The summed E-state index contributed by atoms with van der Waals surface area (Å²) in [5.41, 5.74) is 6.31. The number of aromatic nitrogens is 1. The lowest BCUT2D eigenvalue weighted by atomic mass is 10.3. The first kappa shape index (κ1) is 7.28. The number of rotatable bonds is 2. The molecule has 0 aliphatic rings. The number of oxazole rings is 1. The lowest BCUT2D eigenvalue weighted by Crippen LogP contribution is -2.02. The maximum Gasteiger partial charge on any atom is 0.191 e. The van der Waals surface area contributed by atoms with Crippen molar-refractivity contribution in [2.45, 2.75) is 20.3 Å². The van der Waals surface area contributed by atoms with Crippen LogP contribution in [0.4, 0.5) is 0 Å². The third-order valence-electron chi connectivity index (χ3n) is 1.37. The van der Waals surface area contributed by atoms with Crippen LogP contribution >= 0.6 is 0 Å². The van der Waals surface area contributed by atoms with Gasteiger partial charge in [-0.25, -0.2) is 4.98 Å². The van der Waals surface area contributed by atoms with Crippen molar-refractivity contribution in [3.05, 3.63) is 17.3 Å². The van der Waals surface area contributed by atoms with Crippen LogP contribution in [0.3, 0.4) is 0 Å². The van der Waals surface area contributed by atoms with Crippen LogP contribution in [0.1, 0.15) is 17.3 Å². The van der Waals surface area contributed by atoms with Gasteiger partial charge in [0, 0.05) is 13.3 Å². The van der Waals surface area contributed by atoms with Crippen LogP contribution in [0.15, 0.2) is 4.42 Å². The van der Waals surface area contributed by atoms with Crippen LogP contribution in [-0.2, 0) is 6.42 Å². The monoisotopic (exact) mass is 140 g/mol. The molecular formula is C7H12N2O. The molecule has 1 aromatic rings. The zero-order chi connectivity index (χ0) is 7.56. The number of aryl methyl sites for hydroxylation is 2. The molecule has 0 radical (unpaired) electrons. The fraction of sp³-hybridized carbons (Fsp3) is 0.571. The van der Waals surface area contributed by atoms with Crippen molar-refractivity contribution < 1.29 is 4.42 Å². The molecule has 0 aliphatic carbocycles. The van der Waals surface area contributed by atoms with E-state index in [1.807, 2.05) is 13.8 Å². The van der Waals surface area contributed by atoms with E-state index in [0.717, 1.165) is 23.8 Å². The summed E-state index contributed by atoms with van der Waals surface area (Å²) in [7, 11) is 0. The van der Waals surface area contributed by atoms with Crippen LogP contribution in [0, 0.1) is 13.8 Å². The summed E-state index contributed by atoms with van der Waals surface area (Å²) in [4.78, 5) is 4.11. The Hall–Kier alpha value is -0.830. The zero-order valence-electron chi connectivity index (χ0n) is 6.35. The summed E-state index contributed by atoms with van der Waals surface area (Å²) in [6.07, 6.45) is 0.784. The summed E-state index contributed by atoms with van der Waals surface area (Å²) in [5.74, 6) is 1.64. The summed E-state index contributed by atoms with van der Waals surface area (Å²) in [6, 6.07) is 0. The first-order chi connectivity index (χ1) is 4.74. The number of hydrogen-bond donors (Lipinski definition) is 1. The van der Waals surface area contributed by atoms with E-state index in [9.17, 15) is 0 Å². The van der Waals surface area contributed by atoms with Gasteiger partial charge in [0.15, 0.2) is 5.89 Å². The van der Waals surface area contributed by atoms with Crippen LogP contribution in [0.5, 0.6) is 0 Å². The first-order valence-electron chi connectivity index (χ1n) is 3.37. The van der Waals surface area contributed by atoms with E-state index in [1.165, 1.54) is 0 Å². The smallest absolute Gasteiger partial charge is 0.191 e. The highest BCUT2D eigenvalue weighted by Crippen LogP contribution is 2.08. The van der Waals surface area contributed by atoms with E-state index < -0.39 is 0 Å². The normalized spacial score (nSPS) is 10.3. The second kappa shape index (κ2) is 2.84. The minimum Gasteiger partial charge on any atom is -0.446 e. The van der Waals surface area contributed by atoms with E-state index >= 15 is 0 Å². The molecule has 1 aromatic heterocycles. The Balaban J connectivity index is 2.81. The Morgan fingerprint density at radius 3 is 2.60 bits per heavy atom. The fourth-order valence-corrected chi connectivity index (χ4v) is 0.937. The summed E-state index contributed by atoms with van der Waals surface area (Å²) in [6.45, 7) is 4.39. The topological polar surface area (TPSA) is 52.0 Å². The van der Waals surface area contributed by atoms with Gasteiger partial charge >= 0.3 is 0 Å². The molecule has 0 amide bonds. The predicted molar refractivity (Wildman–Crippen MR) is 38.7 cm³/mol. The molecule has 0 fully saturated rings. The van der Waals surface area contributed by atoms with Crippen LogP contribution in [0.25, 0.3) is 0 Å². The molecule has 0 atom stereocenters. The quantitative estimate of drug-likeness (QED) is 0.660. The largest absolute Gasteiger partial charge is 0.446 e. The molecule has 3 nitrogen and oxygen atoms in total. The highest BCUT2D eigenvalue weighted by Gasteiger charge is 2.03. The maximum atomic E-state index is 5.35. The molecule has 1 rings (SSSR count). The lowest BCUT2D eigenvalue weighted by Gasteiger charge is -1.90. The van der Waals surface area contributed by atoms with Gasteiger partial charge in [-0.05, 0) is 13.5 Å². The zero-order valence-corrected chi connectivity index (χ0v) is 6.35. The second-order valence-corrected chi connectivity index (χ2v) is 2.28. The molecule has 0 unspecified atom stereocenters. The van der Waals surface area contributed by atoms with E-state index in [2.05, 4.69) is 4.98 Å². The van der Waals surface area contributed by atoms with Gasteiger partial charge in [0.1, 0.15) is 5.76 Å². The molecule has 2 N–H and O–H groups in total. The highest BCUT2D eigenvalue weighted by molar-refractivity contribution is 5.07. The van der Waals surface area contributed by atoms with Gasteiger partial charge in [-0.3, -0.25) is 0 Å². The highest BCUT2D eigenvalue weighted by atomic mass is 16.4. The molecule has 0 aliphatic heterocycles. The molecule has 0 aromatic carbocycles. The van der Waals surface area contributed by atoms with E-state index in [1.54, 1.807) is 0 Å². The molecule has 56 valence electrons. The number of nitrogens with two attached hydrogens (primary N) is 1. The molecule has 1 heterocycles. The van der Waals surface area contributed by atoms with Gasteiger partial charge in [0.05, 0.1) is 5.69 Å². The number of hydrogen-bond acceptors (Lipinski definition) is 3. The van der Waals surface area contributed by atoms with Crippen molar-refractivity contribution in [3.8, 4) is 0 Å². The molecule has 3 heteroatoms. The van der Waals surface area contributed by atoms with E-state index in [4.69, 9.17) is 10.2 Å².